The third kappa shape index (κ3) is 2.16. The van der Waals surface area contributed by atoms with Crippen LogP contribution in [-0.4, -0.2) is 11.7 Å². The SMILES string of the molecule is Cc1ccc(-c2cc(C3(CN)CCCC3)no2)c(C)c1. The highest BCUT2D eigenvalue weighted by molar-refractivity contribution is 5.62. The Kier molecular flexibility index (Phi) is 3.38. The van der Waals surface area contributed by atoms with E-state index in [1.165, 1.54) is 24.0 Å². The van der Waals surface area contributed by atoms with Crippen molar-refractivity contribution in [3.8, 4) is 11.3 Å². The molecule has 0 aliphatic heterocycles. The maximum absolute atomic E-state index is 6.02. The van der Waals surface area contributed by atoms with Crippen LogP contribution in [0.4, 0.5) is 0 Å². The number of benzene rings is 1. The molecular weight excluding hydrogens is 248 g/mol. The summed E-state index contributed by atoms with van der Waals surface area (Å²) in [6.07, 6.45) is 4.73. The average molecular weight is 270 g/mol. The van der Waals surface area contributed by atoms with E-state index in [-0.39, 0.29) is 5.41 Å². The standard InChI is InChI=1S/C17H22N2O/c1-12-5-6-14(13(2)9-12)15-10-16(19-20-15)17(11-18)7-3-4-8-17/h5-6,9-10H,3-4,7-8,11,18H2,1-2H3. The Morgan fingerprint density at radius 1 is 1.20 bits per heavy atom. The second-order valence-electron chi connectivity index (χ2n) is 6.09. The van der Waals surface area contributed by atoms with Crippen molar-refractivity contribution in [2.24, 2.45) is 5.73 Å². The van der Waals surface area contributed by atoms with E-state index in [9.17, 15) is 0 Å². The molecule has 3 heteroatoms. The summed E-state index contributed by atoms with van der Waals surface area (Å²) in [5, 5.41) is 4.33. The van der Waals surface area contributed by atoms with Crippen LogP contribution in [0.3, 0.4) is 0 Å². The molecule has 0 unspecified atom stereocenters. The van der Waals surface area contributed by atoms with Crippen LogP contribution in [-0.2, 0) is 5.41 Å². The average Bonchev–Trinajstić information content (AvgIpc) is 3.08. The molecule has 0 spiro atoms. The number of rotatable bonds is 3. The van der Waals surface area contributed by atoms with E-state index >= 15 is 0 Å². The number of nitrogens with two attached hydrogens (primary N) is 1. The van der Waals surface area contributed by atoms with Gasteiger partial charge in [0.2, 0.25) is 0 Å². The van der Waals surface area contributed by atoms with Crippen LogP contribution in [0.2, 0.25) is 0 Å². The van der Waals surface area contributed by atoms with Gasteiger partial charge in [-0.1, -0.05) is 41.8 Å². The number of nitrogens with zero attached hydrogens (tertiary/aromatic N) is 1. The van der Waals surface area contributed by atoms with Gasteiger partial charge >= 0.3 is 0 Å². The third-order valence-electron chi connectivity index (χ3n) is 4.65. The van der Waals surface area contributed by atoms with Gasteiger partial charge in [0.1, 0.15) is 0 Å². The van der Waals surface area contributed by atoms with E-state index in [1.54, 1.807) is 0 Å². The summed E-state index contributed by atoms with van der Waals surface area (Å²) >= 11 is 0. The van der Waals surface area contributed by atoms with E-state index in [0.717, 1.165) is 29.9 Å². The zero-order valence-corrected chi connectivity index (χ0v) is 12.3. The minimum absolute atomic E-state index is 0.0420. The van der Waals surface area contributed by atoms with Crippen LogP contribution >= 0.6 is 0 Å². The van der Waals surface area contributed by atoms with Crippen molar-refractivity contribution in [1.29, 1.82) is 0 Å². The maximum atomic E-state index is 6.02. The van der Waals surface area contributed by atoms with Gasteiger partial charge in [0.25, 0.3) is 0 Å². The lowest BCUT2D eigenvalue weighted by molar-refractivity contribution is 0.372. The Bertz CT molecular complexity index is 609. The molecular formula is C17H22N2O. The first kappa shape index (κ1) is 13.4. The van der Waals surface area contributed by atoms with Gasteiger partial charge in [-0.2, -0.15) is 0 Å². The largest absolute Gasteiger partial charge is 0.356 e. The topological polar surface area (TPSA) is 52.0 Å². The molecule has 0 bridgehead atoms. The number of hydrogen-bond acceptors (Lipinski definition) is 3. The van der Waals surface area contributed by atoms with Gasteiger partial charge in [-0.15, -0.1) is 0 Å². The summed E-state index contributed by atoms with van der Waals surface area (Å²) in [5.41, 5.74) is 10.7. The molecule has 1 aromatic heterocycles. The second-order valence-corrected chi connectivity index (χ2v) is 6.09. The zero-order valence-electron chi connectivity index (χ0n) is 12.3. The molecule has 0 atom stereocenters. The van der Waals surface area contributed by atoms with E-state index < -0.39 is 0 Å². The van der Waals surface area contributed by atoms with E-state index in [4.69, 9.17) is 10.3 Å². The third-order valence-corrected chi connectivity index (χ3v) is 4.65. The second kappa shape index (κ2) is 5.06. The normalized spacial score (nSPS) is 17.6. The predicted molar refractivity (Wildman–Crippen MR) is 80.6 cm³/mol. The fourth-order valence-corrected chi connectivity index (χ4v) is 3.36. The molecule has 1 heterocycles. The van der Waals surface area contributed by atoms with Crippen molar-refractivity contribution in [2.75, 3.05) is 6.54 Å². The molecule has 3 nitrogen and oxygen atoms in total. The summed E-state index contributed by atoms with van der Waals surface area (Å²) < 4.78 is 5.61. The van der Waals surface area contributed by atoms with Gasteiger partial charge in [0.15, 0.2) is 5.76 Å². The van der Waals surface area contributed by atoms with Crippen LogP contribution in [0.25, 0.3) is 11.3 Å². The lowest BCUT2D eigenvalue weighted by atomic mass is 9.82. The van der Waals surface area contributed by atoms with E-state index in [1.807, 2.05) is 0 Å². The summed E-state index contributed by atoms with van der Waals surface area (Å²) in [6, 6.07) is 8.49. The van der Waals surface area contributed by atoms with Crippen molar-refractivity contribution in [1.82, 2.24) is 5.16 Å². The fraction of sp³-hybridized carbons (Fsp3) is 0.471. The van der Waals surface area contributed by atoms with Gasteiger partial charge in [0.05, 0.1) is 5.69 Å². The summed E-state index contributed by atoms with van der Waals surface area (Å²) in [4.78, 5) is 0. The highest BCUT2D eigenvalue weighted by Gasteiger charge is 2.37. The van der Waals surface area contributed by atoms with Gasteiger partial charge in [-0.05, 0) is 32.3 Å². The molecule has 0 radical (unpaired) electrons. The molecule has 1 fully saturated rings. The lowest BCUT2D eigenvalue weighted by Crippen LogP contribution is -2.32. The van der Waals surface area contributed by atoms with Crippen molar-refractivity contribution < 1.29 is 4.52 Å². The number of aromatic nitrogens is 1. The maximum Gasteiger partial charge on any atom is 0.167 e. The van der Waals surface area contributed by atoms with Crippen molar-refractivity contribution >= 4 is 0 Å². The Morgan fingerprint density at radius 3 is 2.60 bits per heavy atom. The first-order valence-electron chi connectivity index (χ1n) is 7.39. The molecule has 0 saturated heterocycles. The van der Waals surface area contributed by atoms with Crippen LogP contribution in [0.1, 0.15) is 42.5 Å². The predicted octanol–water partition coefficient (Wildman–Crippen LogP) is 3.73. The minimum atomic E-state index is 0.0420. The summed E-state index contributed by atoms with van der Waals surface area (Å²) in [6.45, 7) is 4.87. The molecule has 1 saturated carbocycles. The lowest BCUT2D eigenvalue weighted by Gasteiger charge is -2.23. The quantitative estimate of drug-likeness (QED) is 0.924. The molecule has 20 heavy (non-hydrogen) atoms. The van der Waals surface area contributed by atoms with Crippen LogP contribution < -0.4 is 5.73 Å². The number of hydrogen-bond donors (Lipinski definition) is 1. The minimum Gasteiger partial charge on any atom is -0.356 e. The molecule has 0 amide bonds. The first-order chi connectivity index (χ1) is 9.64. The molecule has 1 aliphatic rings. The Labute approximate surface area is 120 Å². The van der Waals surface area contributed by atoms with Gasteiger partial charge in [-0.3, -0.25) is 0 Å². The summed E-state index contributed by atoms with van der Waals surface area (Å²) in [7, 11) is 0. The monoisotopic (exact) mass is 270 g/mol. The molecule has 1 aromatic carbocycles. The van der Waals surface area contributed by atoms with E-state index in [2.05, 4.69) is 43.3 Å². The molecule has 1 aliphatic carbocycles. The molecule has 106 valence electrons. The zero-order chi connectivity index (χ0) is 14.2. The summed E-state index contributed by atoms with van der Waals surface area (Å²) in [5.74, 6) is 0.859. The highest BCUT2D eigenvalue weighted by Crippen LogP contribution is 2.41. The fourth-order valence-electron chi connectivity index (χ4n) is 3.36. The highest BCUT2D eigenvalue weighted by atomic mass is 16.5. The molecule has 3 rings (SSSR count). The van der Waals surface area contributed by atoms with Crippen LogP contribution in [0.15, 0.2) is 28.8 Å². The number of aryl methyl sites for hydroxylation is 2. The van der Waals surface area contributed by atoms with Crippen molar-refractivity contribution in [3.05, 3.63) is 41.1 Å². The van der Waals surface area contributed by atoms with Gasteiger partial charge in [0, 0.05) is 23.6 Å². The smallest absolute Gasteiger partial charge is 0.167 e. The molecule has 2 N–H and O–H groups in total. The Balaban J connectivity index is 1.97. The van der Waals surface area contributed by atoms with Crippen LogP contribution in [0, 0.1) is 13.8 Å². The Hall–Kier alpha value is -1.61. The van der Waals surface area contributed by atoms with Crippen LogP contribution in [0.5, 0.6) is 0 Å². The van der Waals surface area contributed by atoms with E-state index in [0.29, 0.717) is 6.54 Å². The first-order valence-corrected chi connectivity index (χ1v) is 7.39. The van der Waals surface area contributed by atoms with Gasteiger partial charge < -0.3 is 10.3 Å². The van der Waals surface area contributed by atoms with Crippen molar-refractivity contribution in [3.63, 3.8) is 0 Å². The Morgan fingerprint density at radius 2 is 1.95 bits per heavy atom. The van der Waals surface area contributed by atoms with Gasteiger partial charge in [-0.25, -0.2) is 0 Å². The van der Waals surface area contributed by atoms with Crippen molar-refractivity contribution in [2.45, 2.75) is 44.9 Å². The molecule has 2 aromatic rings.